The molecule has 0 aliphatic heterocycles. The molecule has 0 radical (unpaired) electrons. The third kappa shape index (κ3) is 4.72. The number of carbonyl (C=O) groups is 2. The van der Waals surface area contributed by atoms with Gasteiger partial charge in [-0.1, -0.05) is 32.4 Å². The normalized spacial score (nSPS) is 13.3. The van der Waals surface area contributed by atoms with E-state index in [9.17, 15) is 14.0 Å². The zero-order chi connectivity index (χ0) is 16.7. The van der Waals surface area contributed by atoms with Crippen LogP contribution in [-0.4, -0.2) is 30.1 Å². The highest BCUT2D eigenvalue weighted by Crippen LogP contribution is 2.21. The minimum atomic E-state index is -1.06. The maximum Gasteiger partial charge on any atom is 0.326 e. The molecule has 122 valence electrons. The lowest BCUT2D eigenvalue weighted by Crippen LogP contribution is -2.45. The quantitative estimate of drug-likeness (QED) is 0.773. The average molecular weight is 311 g/mol. The van der Waals surface area contributed by atoms with Gasteiger partial charge in [-0.15, -0.1) is 0 Å². The van der Waals surface area contributed by atoms with Crippen molar-refractivity contribution in [2.24, 2.45) is 5.92 Å². The second-order valence-corrected chi connectivity index (χ2v) is 5.20. The number of carboxylic acid groups (broad SMARTS) is 1. The van der Waals surface area contributed by atoms with Crippen molar-refractivity contribution in [2.45, 2.75) is 39.2 Å². The molecule has 0 aliphatic rings. The van der Waals surface area contributed by atoms with Crippen molar-refractivity contribution in [1.82, 2.24) is 5.32 Å². The van der Waals surface area contributed by atoms with Crippen LogP contribution in [0.1, 0.15) is 32.3 Å². The minimum Gasteiger partial charge on any atom is -0.494 e. The van der Waals surface area contributed by atoms with E-state index in [1.165, 1.54) is 13.2 Å². The molecule has 0 bridgehead atoms. The number of aliphatic carboxylic acids is 1. The van der Waals surface area contributed by atoms with Crippen LogP contribution < -0.4 is 10.1 Å². The molecule has 22 heavy (non-hydrogen) atoms. The smallest absolute Gasteiger partial charge is 0.326 e. The number of methoxy groups -OCH3 is 1. The third-order valence-corrected chi connectivity index (χ3v) is 3.68. The van der Waals surface area contributed by atoms with E-state index in [0.29, 0.717) is 12.0 Å². The molecule has 0 saturated carbocycles. The number of hydrogen-bond donors (Lipinski definition) is 2. The number of aryl methyl sites for hydroxylation is 1. The maximum atomic E-state index is 13.9. The van der Waals surface area contributed by atoms with Crippen LogP contribution >= 0.6 is 0 Å². The fourth-order valence-corrected chi connectivity index (χ4v) is 2.08. The van der Waals surface area contributed by atoms with Crippen molar-refractivity contribution in [1.29, 1.82) is 0 Å². The van der Waals surface area contributed by atoms with Gasteiger partial charge in [0.25, 0.3) is 0 Å². The first kappa shape index (κ1) is 17.9. The summed E-state index contributed by atoms with van der Waals surface area (Å²) in [6.45, 7) is 3.62. The number of ether oxygens (including phenoxy) is 1. The molecule has 0 heterocycles. The molecule has 1 amide bonds. The number of nitrogens with one attached hydrogen (secondary N) is 1. The summed E-state index contributed by atoms with van der Waals surface area (Å²) < 4.78 is 18.8. The summed E-state index contributed by atoms with van der Waals surface area (Å²) in [6.07, 6.45) is 0.841. The molecule has 1 aromatic carbocycles. The van der Waals surface area contributed by atoms with Crippen molar-refractivity contribution >= 4 is 11.9 Å². The zero-order valence-electron chi connectivity index (χ0n) is 13.1. The molecule has 6 heteroatoms. The van der Waals surface area contributed by atoms with Gasteiger partial charge in [0.05, 0.1) is 7.11 Å². The van der Waals surface area contributed by atoms with E-state index in [0.717, 1.165) is 0 Å². The fraction of sp³-hybridized carbons (Fsp3) is 0.500. The first-order valence-electron chi connectivity index (χ1n) is 7.24. The highest BCUT2D eigenvalue weighted by atomic mass is 19.1. The van der Waals surface area contributed by atoms with Gasteiger partial charge in [0, 0.05) is 6.42 Å². The van der Waals surface area contributed by atoms with Gasteiger partial charge in [0.1, 0.15) is 6.04 Å². The number of benzene rings is 1. The Morgan fingerprint density at radius 3 is 2.64 bits per heavy atom. The lowest BCUT2D eigenvalue weighted by Gasteiger charge is -2.20. The van der Waals surface area contributed by atoms with E-state index in [2.05, 4.69) is 5.32 Å². The Morgan fingerprint density at radius 1 is 1.41 bits per heavy atom. The lowest BCUT2D eigenvalue weighted by atomic mass is 9.99. The molecule has 2 atom stereocenters. The van der Waals surface area contributed by atoms with Crippen LogP contribution in [0.3, 0.4) is 0 Å². The van der Waals surface area contributed by atoms with Crippen LogP contribution in [0.2, 0.25) is 0 Å². The summed E-state index contributed by atoms with van der Waals surface area (Å²) in [6, 6.07) is 3.80. The standard InChI is InChI=1S/C16H22FNO4/c1-4-10(2)15(16(20)21)18-13(19)9-8-11-6-5-7-12(22-3)14(11)17/h5-7,10,15H,4,8-9H2,1-3H3,(H,18,19)(H,20,21)/t10-,15-/m0/s1. The average Bonchev–Trinajstić information content (AvgIpc) is 2.50. The number of carboxylic acids is 1. The van der Waals surface area contributed by atoms with Crippen molar-refractivity contribution in [3.05, 3.63) is 29.6 Å². The molecule has 2 N–H and O–H groups in total. The summed E-state index contributed by atoms with van der Waals surface area (Å²) in [5.74, 6) is -2.00. The maximum absolute atomic E-state index is 13.9. The summed E-state index contributed by atoms with van der Waals surface area (Å²) in [5.41, 5.74) is 0.366. The summed E-state index contributed by atoms with van der Waals surface area (Å²) in [4.78, 5) is 23.0. The van der Waals surface area contributed by atoms with Crippen LogP contribution in [0.15, 0.2) is 18.2 Å². The minimum absolute atomic E-state index is 0.0182. The number of carbonyl (C=O) groups excluding carboxylic acids is 1. The Labute approximate surface area is 129 Å². The first-order valence-corrected chi connectivity index (χ1v) is 7.24. The van der Waals surface area contributed by atoms with Gasteiger partial charge in [0.15, 0.2) is 11.6 Å². The van der Waals surface area contributed by atoms with Crippen LogP contribution in [-0.2, 0) is 16.0 Å². The van der Waals surface area contributed by atoms with Gasteiger partial charge in [0.2, 0.25) is 5.91 Å². The van der Waals surface area contributed by atoms with Crippen LogP contribution in [0.25, 0.3) is 0 Å². The highest BCUT2D eigenvalue weighted by molar-refractivity contribution is 5.83. The third-order valence-electron chi connectivity index (χ3n) is 3.68. The van der Waals surface area contributed by atoms with Crippen LogP contribution in [0.4, 0.5) is 4.39 Å². The predicted octanol–water partition coefficient (Wildman–Crippen LogP) is 2.38. The Balaban J connectivity index is 2.64. The van der Waals surface area contributed by atoms with E-state index in [4.69, 9.17) is 9.84 Å². The molecule has 0 unspecified atom stereocenters. The van der Waals surface area contributed by atoms with Gasteiger partial charge in [-0.05, 0) is 24.0 Å². The van der Waals surface area contributed by atoms with Crippen molar-refractivity contribution in [2.75, 3.05) is 7.11 Å². The molecule has 1 aromatic rings. The van der Waals surface area contributed by atoms with Gasteiger partial charge in [-0.25, -0.2) is 9.18 Å². The molecule has 5 nitrogen and oxygen atoms in total. The van der Waals surface area contributed by atoms with E-state index in [1.807, 2.05) is 6.92 Å². The van der Waals surface area contributed by atoms with E-state index in [1.54, 1.807) is 19.1 Å². The largest absolute Gasteiger partial charge is 0.494 e. The summed E-state index contributed by atoms with van der Waals surface area (Å²) >= 11 is 0. The zero-order valence-corrected chi connectivity index (χ0v) is 13.1. The van der Waals surface area contributed by atoms with Crippen molar-refractivity contribution < 1.29 is 23.8 Å². The second-order valence-electron chi connectivity index (χ2n) is 5.20. The molecule has 0 spiro atoms. The number of amides is 1. The highest BCUT2D eigenvalue weighted by Gasteiger charge is 2.25. The van der Waals surface area contributed by atoms with Gasteiger partial charge >= 0.3 is 5.97 Å². The molecule has 0 fully saturated rings. The fourth-order valence-electron chi connectivity index (χ4n) is 2.08. The second kappa shape index (κ2) is 8.36. The van der Waals surface area contributed by atoms with Crippen LogP contribution in [0, 0.1) is 11.7 Å². The van der Waals surface area contributed by atoms with Gasteiger partial charge in [-0.3, -0.25) is 4.79 Å². The van der Waals surface area contributed by atoms with Crippen LogP contribution in [0.5, 0.6) is 5.75 Å². The SMILES string of the molecule is CC[C@H](C)[C@H](NC(=O)CCc1cccc(OC)c1F)C(=O)O. The van der Waals surface area contributed by atoms with Crippen molar-refractivity contribution in [3.63, 3.8) is 0 Å². The Hall–Kier alpha value is -2.11. The Morgan fingerprint density at radius 2 is 2.09 bits per heavy atom. The van der Waals surface area contributed by atoms with E-state index in [-0.39, 0.29) is 24.5 Å². The summed E-state index contributed by atoms with van der Waals surface area (Å²) in [5, 5.41) is 11.6. The van der Waals surface area contributed by atoms with E-state index < -0.39 is 23.7 Å². The molecule has 0 aromatic heterocycles. The van der Waals surface area contributed by atoms with Crippen molar-refractivity contribution in [3.8, 4) is 5.75 Å². The Bertz CT molecular complexity index is 533. The number of rotatable bonds is 8. The molecule has 1 rings (SSSR count). The number of hydrogen-bond acceptors (Lipinski definition) is 3. The van der Waals surface area contributed by atoms with Gasteiger partial charge < -0.3 is 15.2 Å². The first-order chi connectivity index (χ1) is 10.4. The molecular weight excluding hydrogens is 289 g/mol. The number of halogens is 1. The Kier molecular flexibility index (Phi) is 6.82. The van der Waals surface area contributed by atoms with Gasteiger partial charge in [-0.2, -0.15) is 0 Å². The predicted molar refractivity (Wildman–Crippen MR) is 80.3 cm³/mol. The lowest BCUT2D eigenvalue weighted by molar-refractivity contribution is -0.143. The monoisotopic (exact) mass is 311 g/mol. The molecular formula is C16H22FNO4. The topological polar surface area (TPSA) is 75.6 Å². The van der Waals surface area contributed by atoms with E-state index >= 15 is 0 Å². The molecule has 0 saturated heterocycles. The molecule has 0 aliphatic carbocycles. The summed E-state index contributed by atoms with van der Waals surface area (Å²) in [7, 11) is 1.37.